The van der Waals surface area contributed by atoms with E-state index in [1.54, 1.807) is 12.1 Å². The maximum absolute atomic E-state index is 11.2. The van der Waals surface area contributed by atoms with Gasteiger partial charge in [0.05, 0.1) is 11.4 Å². The number of phenolic OH excluding ortho intramolecular Hbond substituents is 1. The summed E-state index contributed by atoms with van der Waals surface area (Å²) in [5.41, 5.74) is 8.17. The van der Waals surface area contributed by atoms with Gasteiger partial charge in [0.15, 0.2) is 0 Å². The lowest BCUT2D eigenvalue weighted by molar-refractivity contribution is 0.394. The maximum atomic E-state index is 11.2. The molecule has 21 heavy (non-hydrogen) atoms. The van der Waals surface area contributed by atoms with Crippen molar-refractivity contribution in [2.75, 3.05) is 35.7 Å². The SMILES string of the molecule is Cc1cc(N)c(O)cc1N1CCC(CCS(C)(=O)=O)CC1. The van der Waals surface area contributed by atoms with Gasteiger partial charge in [0.25, 0.3) is 0 Å². The molecule has 1 aromatic rings. The van der Waals surface area contributed by atoms with Crippen LogP contribution in [0.5, 0.6) is 5.75 Å². The fourth-order valence-electron chi connectivity index (χ4n) is 2.89. The standard InChI is InChI=1S/C15H24N2O3S/c1-11-9-13(16)15(18)10-14(11)17-6-3-12(4-7-17)5-8-21(2,19)20/h9-10,12,18H,3-8,16H2,1-2H3. The lowest BCUT2D eigenvalue weighted by Crippen LogP contribution is -2.34. The molecule has 3 N–H and O–H groups in total. The van der Waals surface area contributed by atoms with Crippen LogP contribution in [0.2, 0.25) is 0 Å². The van der Waals surface area contributed by atoms with Crippen LogP contribution in [0.25, 0.3) is 0 Å². The molecule has 5 nitrogen and oxygen atoms in total. The first-order valence-corrected chi connectivity index (χ1v) is 9.34. The Labute approximate surface area is 126 Å². The Hall–Kier alpha value is -1.43. The van der Waals surface area contributed by atoms with Crippen LogP contribution >= 0.6 is 0 Å². The molecular formula is C15H24N2O3S. The van der Waals surface area contributed by atoms with E-state index >= 15 is 0 Å². The summed E-state index contributed by atoms with van der Waals surface area (Å²) >= 11 is 0. The van der Waals surface area contributed by atoms with Crippen molar-refractivity contribution in [1.29, 1.82) is 0 Å². The number of sulfone groups is 1. The quantitative estimate of drug-likeness (QED) is 0.655. The van der Waals surface area contributed by atoms with Crippen LogP contribution in [0.1, 0.15) is 24.8 Å². The van der Waals surface area contributed by atoms with E-state index in [-0.39, 0.29) is 11.5 Å². The van der Waals surface area contributed by atoms with Crippen molar-refractivity contribution in [2.45, 2.75) is 26.2 Å². The zero-order chi connectivity index (χ0) is 15.6. The minimum Gasteiger partial charge on any atom is -0.506 e. The van der Waals surface area contributed by atoms with Crippen molar-refractivity contribution in [3.8, 4) is 5.75 Å². The number of phenols is 1. The van der Waals surface area contributed by atoms with Crippen LogP contribution in [0, 0.1) is 12.8 Å². The predicted octanol–water partition coefficient (Wildman–Crippen LogP) is 1.93. The van der Waals surface area contributed by atoms with E-state index < -0.39 is 9.84 Å². The minimum absolute atomic E-state index is 0.120. The van der Waals surface area contributed by atoms with E-state index in [0.29, 0.717) is 11.6 Å². The second-order valence-electron chi connectivity index (χ2n) is 6.05. The van der Waals surface area contributed by atoms with Gasteiger partial charge >= 0.3 is 0 Å². The summed E-state index contributed by atoms with van der Waals surface area (Å²) in [5.74, 6) is 0.868. The fraction of sp³-hybridized carbons (Fsp3) is 0.600. The molecule has 0 atom stereocenters. The lowest BCUT2D eigenvalue weighted by atomic mass is 9.93. The van der Waals surface area contributed by atoms with Gasteiger partial charge in [-0.15, -0.1) is 0 Å². The molecule has 1 aliphatic rings. The molecule has 0 saturated carbocycles. The third kappa shape index (κ3) is 4.27. The number of aryl methyl sites for hydroxylation is 1. The molecule has 1 heterocycles. The Morgan fingerprint density at radius 2 is 1.95 bits per heavy atom. The summed E-state index contributed by atoms with van der Waals surface area (Å²) in [6.45, 7) is 3.76. The highest BCUT2D eigenvalue weighted by Crippen LogP contribution is 2.33. The van der Waals surface area contributed by atoms with Crippen molar-refractivity contribution in [3.05, 3.63) is 17.7 Å². The molecule has 0 aliphatic carbocycles. The summed E-state index contributed by atoms with van der Waals surface area (Å²) in [4.78, 5) is 2.24. The molecule has 1 aromatic carbocycles. The van der Waals surface area contributed by atoms with Crippen LogP contribution < -0.4 is 10.6 Å². The number of hydrogen-bond donors (Lipinski definition) is 2. The van der Waals surface area contributed by atoms with Gasteiger partial charge in [-0.1, -0.05) is 0 Å². The van der Waals surface area contributed by atoms with Crippen molar-refractivity contribution < 1.29 is 13.5 Å². The Balaban J connectivity index is 1.97. The molecule has 0 unspecified atom stereocenters. The van der Waals surface area contributed by atoms with Crippen molar-refractivity contribution in [2.24, 2.45) is 5.92 Å². The first kappa shape index (κ1) is 15.9. The Morgan fingerprint density at radius 3 is 2.52 bits per heavy atom. The summed E-state index contributed by atoms with van der Waals surface area (Å²) in [6.07, 6.45) is 4.02. The highest BCUT2D eigenvalue weighted by Gasteiger charge is 2.22. The van der Waals surface area contributed by atoms with Gasteiger partial charge in [-0.05, 0) is 43.7 Å². The van der Waals surface area contributed by atoms with E-state index in [4.69, 9.17) is 5.73 Å². The van der Waals surface area contributed by atoms with Gasteiger partial charge < -0.3 is 15.7 Å². The molecule has 0 radical (unpaired) electrons. The second-order valence-corrected chi connectivity index (χ2v) is 8.31. The number of nitrogens with two attached hydrogens (primary N) is 1. The molecule has 1 fully saturated rings. The largest absolute Gasteiger partial charge is 0.506 e. The first-order chi connectivity index (χ1) is 9.76. The van der Waals surface area contributed by atoms with Crippen LogP contribution in [0.15, 0.2) is 12.1 Å². The van der Waals surface area contributed by atoms with E-state index in [1.165, 1.54) is 6.26 Å². The number of piperidine rings is 1. The van der Waals surface area contributed by atoms with Crippen LogP contribution in [-0.2, 0) is 9.84 Å². The molecular weight excluding hydrogens is 288 g/mol. The first-order valence-electron chi connectivity index (χ1n) is 7.28. The second kappa shape index (κ2) is 6.13. The average molecular weight is 312 g/mol. The normalized spacial score (nSPS) is 17.1. The lowest BCUT2D eigenvalue weighted by Gasteiger charge is -2.34. The number of anilines is 2. The number of nitrogens with zero attached hydrogens (tertiary/aromatic N) is 1. The molecule has 0 amide bonds. The smallest absolute Gasteiger partial charge is 0.147 e. The van der Waals surface area contributed by atoms with E-state index in [0.717, 1.165) is 43.6 Å². The molecule has 0 spiro atoms. The van der Waals surface area contributed by atoms with Gasteiger partial charge in [0, 0.05) is 31.1 Å². The molecule has 1 saturated heterocycles. The molecule has 0 aromatic heterocycles. The van der Waals surface area contributed by atoms with Gasteiger partial charge in [-0.2, -0.15) is 0 Å². The van der Waals surface area contributed by atoms with E-state index in [2.05, 4.69) is 4.90 Å². The molecule has 1 aliphatic heterocycles. The van der Waals surface area contributed by atoms with Gasteiger partial charge in [0.2, 0.25) is 0 Å². The number of aromatic hydroxyl groups is 1. The number of hydrogen-bond acceptors (Lipinski definition) is 5. The van der Waals surface area contributed by atoms with E-state index in [9.17, 15) is 13.5 Å². The molecule has 6 heteroatoms. The van der Waals surface area contributed by atoms with Gasteiger partial charge in [0.1, 0.15) is 15.6 Å². The molecule has 2 rings (SSSR count). The Bertz CT molecular complexity index is 606. The Morgan fingerprint density at radius 1 is 1.33 bits per heavy atom. The zero-order valence-electron chi connectivity index (χ0n) is 12.7. The van der Waals surface area contributed by atoms with Crippen molar-refractivity contribution >= 4 is 21.2 Å². The third-order valence-corrected chi connectivity index (χ3v) is 5.17. The highest BCUT2D eigenvalue weighted by atomic mass is 32.2. The molecule has 118 valence electrons. The van der Waals surface area contributed by atoms with Crippen LogP contribution in [0.3, 0.4) is 0 Å². The fourth-order valence-corrected chi connectivity index (χ4v) is 3.65. The summed E-state index contributed by atoms with van der Waals surface area (Å²) in [6, 6.07) is 3.52. The maximum Gasteiger partial charge on any atom is 0.147 e. The zero-order valence-corrected chi connectivity index (χ0v) is 13.5. The average Bonchev–Trinajstić information content (AvgIpc) is 2.40. The van der Waals surface area contributed by atoms with Crippen LogP contribution in [0.4, 0.5) is 11.4 Å². The minimum atomic E-state index is -2.87. The number of rotatable bonds is 4. The number of benzene rings is 1. The third-order valence-electron chi connectivity index (χ3n) is 4.20. The summed E-state index contributed by atoms with van der Waals surface area (Å²) < 4.78 is 22.4. The summed E-state index contributed by atoms with van der Waals surface area (Å²) in [7, 11) is -2.87. The highest BCUT2D eigenvalue weighted by molar-refractivity contribution is 7.90. The topological polar surface area (TPSA) is 83.6 Å². The van der Waals surface area contributed by atoms with Crippen molar-refractivity contribution in [1.82, 2.24) is 0 Å². The number of nitrogen functional groups attached to an aromatic ring is 1. The Kier molecular flexibility index (Phi) is 4.66. The summed E-state index contributed by atoms with van der Waals surface area (Å²) in [5, 5.41) is 9.76. The van der Waals surface area contributed by atoms with Gasteiger partial charge in [-0.3, -0.25) is 0 Å². The van der Waals surface area contributed by atoms with Crippen LogP contribution in [-0.4, -0.2) is 38.6 Å². The van der Waals surface area contributed by atoms with E-state index in [1.807, 2.05) is 6.92 Å². The van der Waals surface area contributed by atoms with Gasteiger partial charge in [-0.25, -0.2) is 8.42 Å². The monoisotopic (exact) mass is 312 g/mol. The molecule has 0 bridgehead atoms. The van der Waals surface area contributed by atoms with Crippen molar-refractivity contribution in [3.63, 3.8) is 0 Å². The predicted molar refractivity (Wildman–Crippen MR) is 86.5 cm³/mol.